The van der Waals surface area contributed by atoms with Gasteiger partial charge in [-0.05, 0) is 26.0 Å². The third-order valence-electron chi connectivity index (χ3n) is 1.99. The number of benzene rings is 1. The van der Waals surface area contributed by atoms with Gasteiger partial charge in [0.2, 0.25) is 0 Å². The number of halogens is 1. The Hall–Kier alpha value is -1.89. The fourth-order valence-corrected chi connectivity index (χ4v) is 1.37. The normalized spacial score (nSPS) is 11.6. The molecular weight excluding hydrogens is 209 g/mol. The monoisotopic (exact) mass is 221 g/mol. The first-order chi connectivity index (χ1) is 7.54. The van der Waals surface area contributed by atoms with Crippen LogP contribution < -0.4 is 4.74 Å². The zero-order valence-electron chi connectivity index (χ0n) is 9.16. The maximum absolute atomic E-state index is 13.2. The molecular formula is C12H12FNO2. The van der Waals surface area contributed by atoms with Gasteiger partial charge in [-0.3, -0.25) is 4.79 Å². The van der Waals surface area contributed by atoms with E-state index in [4.69, 9.17) is 10.00 Å². The second-order valence-electron chi connectivity index (χ2n) is 3.56. The molecule has 0 aromatic heterocycles. The van der Waals surface area contributed by atoms with Crippen LogP contribution in [0.2, 0.25) is 0 Å². The van der Waals surface area contributed by atoms with Gasteiger partial charge in [-0.25, -0.2) is 4.39 Å². The van der Waals surface area contributed by atoms with E-state index in [0.717, 1.165) is 0 Å². The molecule has 0 fully saturated rings. The molecule has 1 aromatic rings. The van der Waals surface area contributed by atoms with Gasteiger partial charge in [-0.2, -0.15) is 5.26 Å². The number of carbonyl (C=O) groups is 1. The van der Waals surface area contributed by atoms with E-state index >= 15 is 0 Å². The van der Waals surface area contributed by atoms with Gasteiger partial charge in [-0.15, -0.1) is 0 Å². The molecule has 0 aliphatic heterocycles. The lowest BCUT2D eigenvalue weighted by atomic mass is 10.2. The Labute approximate surface area is 93.5 Å². The number of hydrogen-bond acceptors (Lipinski definition) is 3. The van der Waals surface area contributed by atoms with Gasteiger partial charge in [0, 0.05) is 6.42 Å². The third-order valence-corrected chi connectivity index (χ3v) is 1.99. The molecule has 3 nitrogen and oxygen atoms in total. The second kappa shape index (κ2) is 5.26. The summed E-state index contributed by atoms with van der Waals surface area (Å²) >= 11 is 0. The highest BCUT2D eigenvalue weighted by molar-refractivity contribution is 5.75. The number of hydrogen-bond donors (Lipinski definition) is 0. The molecule has 0 aliphatic rings. The van der Waals surface area contributed by atoms with Crippen LogP contribution in [0.3, 0.4) is 0 Å². The van der Waals surface area contributed by atoms with E-state index in [1.165, 1.54) is 25.1 Å². The first-order valence-electron chi connectivity index (χ1n) is 4.89. The van der Waals surface area contributed by atoms with Crippen LogP contribution in [-0.4, -0.2) is 11.9 Å². The van der Waals surface area contributed by atoms with E-state index < -0.39 is 5.82 Å². The van der Waals surface area contributed by atoms with Gasteiger partial charge in [0.25, 0.3) is 0 Å². The highest BCUT2D eigenvalue weighted by Crippen LogP contribution is 2.22. The Kier molecular flexibility index (Phi) is 4.01. The summed E-state index contributed by atoms with van der Waals surface area (Å²) in [6.07, 6.45) is -0.132. The Balaban J connectivity index is 2.85. The van der Waals surface area contributed by atoms with E-state index in [9.17, 15) is 9.18 Å². The van der Waals surface area contributed by atoms with Crippen molar-refractivity contribution >= 4 is 5.78 Å². The van der Waals surface area contributed by atoms with E-state index in [1.54, 1.807) is 13.0 Å². The Morgan fingerprint density at radius 1 is 1.62 bits per heavy atom. The van der Waals surface area contributed by atoms with Crippen molar-refractivity contribution in [2.75, 3.05) is 0 Å². The summed E-state index contributed by atoms with van der Waals surface area (Å²) in [5.74, 6) is -0.450. The minimum Gasteiger partial charge on any atom is -0.489 e. The zero-order valence-corrected chi connectivity index (χ0v) is 9.16. The molecule has 0 N–H and O–H groups in total. The van der Waals surface area contributed by atoms with Crippen LogP contribution in [0.15, 0.2) is 18.2 Å². The zero-order chi connectivity index (χ0) is 12.1. The molecule has 0 bridgehead atoms. The lowest BCUT2D eigenvalue weighted by molar-refractivity contribution is -0.118. The van der Waals surface area contributed by atoms with Crippen LogP contribution in [0.25, 0.3) is 0 Å². The van der Waals surface area contributed by atoms with Crippen molar-refractivity contribution in [3.8, 4) is 11.8 Å². The minimum absolute atomic E-state index is 0.0117. The predicted octanol–water partition coefficient (Wildman–Crippen LogP) is 2.44. The summed E-state index contributed by atoms with van der Waals surface area (Å²) < 4.78 is 18.5. The number of ketones is 1. The fraction of sp³-hybridized carbons (Fsp3) is 0.333. The summed E-state index contributed by atoms with van der Waals surface area (Å²) in [4.78, 5) is 10.8. The number of Topliss-reactive ketones (excluding diaryl/α,β-unsaturated/α-hetero) is 1. The summed E-state index contributed by atoms with van der Waals surface area (Å²) in [6.45, 7) is 3.16. The lowest BCUT2D eigenvalue weighted by Gasteiger charge is -2.14. The van der Waals surface area contributed by atoms with Crippen LogP contribution in [0.5, 0.6) is 5.75 Å². The van der Waals surface area contributed by atoms with Crippen LogP contribution >= 0.6 is 0 Å². The highest BCUT2D eigenvalue weighted by Gasteiger charge is 2.13. The summed E-state index contributed by atoms with van der Waals surface area (Å²) in [5.41, 5.74) is -0.127. The van der Waals surface area contributed by atoms with E-state index in [2.05, 4.69) is 0 Å². The maximum atomic E-state index is 13.2. The van der Waals surface area contributed by atoms with Crippen molar-refractivity contribution in [2.24, 2.45) is 0 Å². The Morgan fingerprint density at radius 3 is 2.88 bits per heavy atom. The fourth-order valence-electron chi connectivity index (χ4n) is 1.37. The van der Waals surface area contributed by atoms with Gasteiger partial charge < -0.3 is 4.74 Å². The molecule has 84 valence electrons. The van der Waals surface area contributed by atoms with Gasteiger partial charge in [0.1, 0.15) is 35.1 Å². The van der Waals surface area contributed by atoms with Crippen LogP contribution in [0.4, 0.5) is 4.39 Å². The first kappa shape index (κ1) is 12.2. The standard InChI is InChI=1S/C12H12FNO2/c1-8(15)6-9(2)16-12-5-3-4-11(13)10(12)7-14/h3-5,9H,6H2,1-2H3. The molecule has 0 saturated heterocycles. The van der Waals surface area contributed by atoms with E-state index in [-0.39, 0.29) is 29.6 Å². The average molecular weight is 221 g/mol. The smallest absolute Gasteiger partial charge is 0.144 e. The molecule has 0 aliphatic carbocycles. The highest BCUT2D eigenvalue weighted by atomic mass is 19.1. The van der Waals surface area contributed by atoms with Crippen molar-refractivity contribution in [2.45, 2.75) is 26.4 Å². The van der Waals surface area contributed by atoms with E-state index in [0.29, 0.717) is 0 Å². The second-order valence-corrected chi connectivity index (χ2v) is 3.56. The van der Waals surface area contributed by atoms with Crippen LogP contribution in [0, 0.1) is 17.1 Å². The summed E-state index contributed by atoms with van der Waals surface area (Å²) in [7, 11) is 0. The summed E-state index contributed by atoms with van der Waals surface area (Å²) in [6, 6.07) is 5.91. The average Bonchev–Trinajstić information content (AvgIpc) is 2.16. The minimum atomic E-state index is -0.616. The Bertz CT molecular complexity index is 437. The predicted molar refractivity (Wildman–Crippen MR) is 56.5 cm³/mol. The molecule has 0 radical (unpaired) electrons. The number of ether oxygens (including phenoxy) is 1. The number of nitriles is 1. The van der Waals surface area contributed by atoms with Crippen molar-refractivity contribution in [1.29, 1.82) is 5.26 Å². The molecule has 0 spiro atoms. The number of nitrogens with zero attached hydrogens (tertiary/aromatic N) is 1. The molecule has 0 amide bonds. The lowest BCUT2D eigenvalue weighted by Crippen LogP contribution is -2.16. The van der Waals surface area contributed by atoms with E-state index in [1.807, 2.05) is 0 Å². The molecule has 16 heavy (non-hydrogen) atoms. The van der Waals surface area contributed by atoms with Crippen LogP contribution in [0.1, 0.15) is 25.8 Å². The van der Waals surface area contributed by atoms with Gasteiger partial charge in [-0.1, -0.05) is 6.07 Å². The molecule has 1 unspecified atom stereocenters. The molecule has 1 rings (SSSR count). The summed E-state index contributed by atoms with van der Waals surface area (Å²) in [5, 5.41) is 8.76. The third kappa shape index (κ3) is 3.06. The first-order valence-corrected chi connectivity index (χ1v) is 4.89. The van der Waals surface area contributed by atoms with Crippen molar-refractivity contribution in [3.05, 3.63) is 29.6 Å². The number of carbonyl (C=O) groups excluding carboxylic acids is 1. The molecule has 1 aromatic carbocycles. The van der Waals surface area contributed by atoms with Crippen molar-refractivity contribution < 1.29 is 13.9 Å². The largest absolute Gasteiger partial charge is 0.489 e. The molecule has 0 heterocycles. The maximum Gasteiger partial charge on any atom is 0.144 e. The van der Waals surface area contributed by atoms with Gasteiger partial charge >= 0.3 is 0 Å². The Morgan fingerprint density at radius 2 is 2.31 bits per heavy atom. The van der Waals surface area contributed by atoms with Crippen molar-refractivity contribution in [1.82, 2.24) is 0 Å². The topological polar surface area (TPSA) is 50.1 Å². The van der Waals surface area contributed by atoms with Crippen LogP contribution in [-0.2, 0) is 4.79 Å². The van der Waals surface area contributed by atoms with Gasteiger partial charge in [0.05, 0.1) is 0 Å². The van der Waals surface area contributed by atoms with Gasteiger partial charge in [0.15, 0.2) is 0 Å². The molecule has 1 atom stereocenters. The SMILES string of the molecule is CC(=O)CC(C)Oc1cccc(F)c1C#N. The quantitative estimate of drug-likeness (QED) is 0.784. The molecule has 0 saturated carbocycles. The molecule has 4 heteroatoms. The van der Waals surface area contributed by atoms with Crippen molar-refractivity contribution in [3.63, 3.8) is 0 Å². The number of rotatable bonds is 4.